The van der Waals surface area contributed by atoms with Crippen LogP contribution in [0.25, 0.3) is 0 Å². The average Bonchev–Trinajstić information content (AvgIpc) is 2.42. The number of hydrogen-bond acceptors (Lipinski definition) is 5. The van der Waals surface area contributed by atoms with E-state index < -0.39 is 5.78 Å². The fraction of sp³-hybridized carbons (Fsp3) is 0.300. The normalized spacial score (nSPS) is 10.1. The molecule has 0 atom stereocenters. The molecule has 0 aliphatic heterocycles. The van der Waals surface area contributed by atoms with Gasteiger partial charge in [-0.1, -0.05) is 0 Å². The summed E-state index contributed by atoms with van der Waals surface area (Å²) in [5.74, 6) is -1.23. The summed E-state index contributed by atoms with van der Waals surface area (Å²) in [5, 5.41) is 0.0119. The van der Waals surface area contributed by atoms with Gasteiger partial charge in [-0.25, -0.2) is 0 Å². The summed E-state index contributed by atoms with van der Waals surface area (Å²) in [6, 6.07) is 0. The van der Waals surface area contributed by atoms with Gasteiger partial charge in [0.25, 0.3) is 0 Å². The molecule has 0 aromatic carbocycles. The topological polar surface area (TPSA) is 64.3 Å². The second-order valence-electron chi connectivity index (χ2n) is 3.15. The highest BCUT2D eigenvalue weighted by Crippen LogP contribution is 2.27. The standard InChI is InChI=1S/C10H10O4S/c1-4(11)7-8(5(2)12)10(15)14-9(7)6(3)13/h15H,1-3H3. The molecule has 0 radical (unpaired) electrons. The fourth-order valence-electron chi connectivity index (χ4n) is 1.33. The molecule has 1 heterocycles. The number of thiol groups is 1. The van der Waals surface area contributed by atoms with E-state index in [9.17, 15) is 14.4 Å². The maximum Gasteiger partial charge on any atom is 0.195 e. The molecule has 0 amide bonds. The molecule has 4 nitrogen and oxygen atoms in total. The molecule has 0 bridgehead atoms. The van der Waals surface area contributed by atoms with Crippen molar-refractivity contribution >= 4 is 30.0 Å². The van der Waals surface area contributed by atoms with Crippen LogP contribution < -0.4 is 0 Å². The van der Waals surface area contributed by atoms with E-state index in [2.05, 4.69) is 12.6 Å². The van der Waals surface area contributed by atoms with Gasteiger partial charge in [0.05, 0.1) is 11.1 Å². The zero-order valence-electron chi connectivity index (χ0n) is 8.58. The second kappa shape index (κ2) is 4.02. The Labute approximate surface area is 92.1 Å². The van der Waals surface area contributed by atoms with Crippen molar-refractivity contribution < 1.29 is 18.8 Å². The number of furan rings is 1. The third-order valence-electron chi connectivity index (χ3n) is 1.91. The molecule has 0 aliphatic carbocycles. The van der Waals surface area contributed by atoms with Crippen molar-refractivity contribution in [3.8, 4) is 0 Å². The second-order valence-corrected chi connectivity index (χ2v) is 3.56. The van der Waals surface area contributed by atoms with Crippen LogP contribution in [0.3, 0.4) is 0 Å². The van der Waals surface area contributed by atoms with Gasteiger partial charge in [-0.2, -0.15) is 0 Å². The summed E-state index contributed by atoms with van der Waals surface area (Å²) in [4.78, 5) is 33.7. The summed E-state index contributed by atoms with van der Waals surface area (Å²) in [5.41, 5.74) is 0.107. The molecule has 1 rings (SSSR count). The maximum absolute atomic E-state index is 11.3. The molecule has 1 aromatic rings. The smallest absolute Gasteiger partial charge is 0.195 e. The SMILES string of the molecule is CC(=O)c1oc(S)c(C(C)=O)c1C(C)=O. The molecule has 0 saturated heterocycles. The van der Waals surface area contributed by atoms with Crippen LogP contribution in [-0.2, 0) is 0 Å². The van der Waals surface area contributed by atoms with Crippen molar-refractivity contribution in [1.29, 1.82) is 0 Å². The van der Waals surface area contributed by atoms with Gasteiger partial charge in [0.2, 0.25) is 0 Å². The number of Topliss-reactive ketones (excluding diaryl/α,β-unsaturated/α-hetero) is 3. The zero-order valence-corrected chi connectivity index (χ0v) is 9.47. The van der Waals surface area contributed by atoms with Crippen molar-refractivity contribution in [3.05, 3.63) is 16.9 Å². The van der Waals surface area contributed by atoms with Gasteiger partial charge in [0.15, 0.2) is 28.2 Å². The van der Waals surface area contributed by atoms with Crippen LogP contribution in [-0.4, -0.2) is 17.3 Å². The summed E-state index contributed by atoms with van der Waals surface area (Å²) < 4.78 is 5.00. The maximum atomic E-state index is 11.3. The van der Waals surface area contributed by atoms with Crippen molar-refractivity contribution in [2.24, 2.45) is 0 Å². The fourth-order valence-corrected chi connectivity index (χ4v) is 1.69. The minimum atomic E-state index is -0.400. The van der Waals surface area contributed by atoms with E-state index in [1.165, 1.54) is 20.8 Å². The lowest BCUT2D eigenvalue weighted by Crippen LogP contribution is -2.06. The van der Waals surface area contributed by atoms with Crippen molar-refractivity contribution in [1.82, 2.24) is 0 Å². The molecule has 15 heavy (non-hydrogen) atoms. The van der Waals surface area contributed by atoms with Crippen molar-refractivity contribution in [2.75, 3.05) is 0 Å². The average molecular weight is 226 g/mol. The summed E-state index contributed by atoms with van der Waals surface area (Å²) >= 11 is 3.92. The Morgan fingerprint density at radius 2 is 1.40 bits per heavy atom. The van der Waals surface area contributed by atoms with Gasteiger partial charge in [-0.05, 0) is 13.8 Å². The summed E-state index contributed by atoms with van der Waals surface area (Å²) in [6.07, 6.45) is 0. The van der Waals surface area contributed by atoms with Crippen LogP contribution in [0, 0.1) is 0 Å². The lowest BCUT2D eigenvalue weighted by molar-refractivity contribution is 0.0957. The number of ketones is 3. The van der Waals surface area contributed by atoms with E-state index >= 15 is 0 Å². The van der Waals surface area contributed by atoms with Gasteiger partial charge in [-0.3, -0.25) is 14.4 Å². The molecule has 0 fully saturated rings. The lowest BCUT2D eigenvalue weighted by Gasteiger charge is -1.96. The zero-order chi connectivity index (χ0) is 11.7. The third-order valence-corrected chi connectivity index (χ3v) is 2.23. The first-order valence-corrected chi connectivity index (χ1v) is 4.69. The van der Waals surface area contributed by atoms with Crippen LogP contribution in [0.5, 0.6) is 0 Å². The van der Waals surface area contributed by atoms with Gasteiger partial charge < -0.3 is 4.42 Å². The van der Waals surface area contributed by atoms with E-state index in [4.69, 9.17) is 4.42 Å². The van der Waals surface area contributed by atoms with Gasteiger partial charge in [0, 0.05) is 6.92 Å². The molecule has 0 spiro atoms. The lowest BCUT2D eigenvalue weighted by atomic mass is 10.0. The van der Waals surface area contributed by atoms with Crippen LogP contribution >= 0.6 is 12.6 Å². The first-order chi connectivity index (χ1) is 6.86. The number of rotatable bonds is 3. The van der Waals surface area contributed by atoms with E-state index in [1.54, 1.807) is 0 Å². The Kier molecular flexibility index (Phi) is 3.14. The predicted molar refractivity (Wildman–Crippen MR) is 56.0 cm³/mol. The molecule has 1 aromatic heterocycles. The first kappa shape index (κ1) is 11.7. The van der Waals surface area contributed by atoms with Crippen LogP contribution in [0.4, 0.5) is 0 Å². The number of hydrogen-bond donors (Lipinski definition) is 1. The van der Waals surface area contributed by atoms with E-state index in [0.29, 0.717) is 0 Å². The van der Waals surface area contributed by atoms with Gasteiger partial charge in [-0.15, -0.1) is 12.6 Å². The Hall–Kier alpha value is -1.36. The minimum absolute atomic E-state index is 0.0119. The third kappa shape index (κ3) is 2.02. The largest absolute Gasteiger partial charge is 0.445 e. The van der Waals surface area contributed by atoms with Crippen LogP contribution in [0.15, 0.2) is 9.51 Å². The van der Waals surface area contributed by atoms with Gasteiger partial charge >= 0.3 is 0 Å². The molecular formula is C10H10O4S. The molecule has 5 heteroatoms. The highest BCUT2D eigenvalue weighted by molar-refractivity contribution is 7.80. The van der Waals surface area contributed by atoms with E-state index in [1.807, 2.05) is 0 Å². The molecule has 0 saturated carbocycles. The van der Waals surface area contributed by atoms with Crippen LogP contribution in [0.2, 0.25) is 0 Å². The number of carbonyl (C=O) groups excluding carboxylic acids is 3. The van der Waals surface area contributed by atoms with Gasteiger partial charge in [0.1, 0.15) is 0 Å². The Bertz CT molecular complexity index is 456. The molecule has 0 aliphatic rings. The quantitative estimate of drug-likeness (QED) is 0.633. The predicted octanol–water partition coefficient (Wildman–Crippen LogP) is 2.18. The Morgan fingerprint density at radius 3 is 1.73 bits per heavy atom. The molecule has 0 unspecified atom stereocenters. The molecular weight excluding hydrogens is 216 g/mol. The number of carbonyl (C=O) groups is 3. The van der Waals surface area contributed by atoms with Crippen LogP contribution in [0.1, 0.15) is 52.0 Å². The Morgan fingerprint density at radius 1 is 0.933 bits per heavy atom. The molecule has 80 valence electrons. The van der Waals surface area contributed by atoms with Crippen molar-refractivity contribution in [3.63, 3.8) is 0 Å². The summed E-state index contributed by atoms with van der Waals surface area (Å²) in [6.45, 7) is 3.83. The highest BCUT2D eigenvalue weighted by atomic mass is 32.1. The monoisotopic (exact) mass is 226 g/mol. The minimum Gasteiger partial charge on any atom is -0.445 e. The van der Waals surface area contributed by atoms with Crippen molar-refractivity contribution in [2.45, 2.75) is 25.9 Å². The van der Waals surface area contributed by atoms with E-state index in [0.717, 1.165) is 0 Å². The molecule has 0 N–H and O–H groups in total. The first-order valence-electron chi connectivity index (χ1n) is 4.24. The highest BCUT2D eigenvalue weighted by Gasteiger charge is 2.26. The van der Waals surface area contributed by atoms with E-state index in [-0.39, 0.29) is 33.5 Å². The Balaban J connectivity index is 3.59. The summed E-state index contributed by atoms with van der Waals surface area (Å²) in [7, 11) is 0.